The molecule has 0 aromatic carbocycles. The monoisotopic (exact) mass is 340 g/mol. The van der Waals surface area contributed by atoms with Crippen LogP contribution >= 0.6 is 11.8 Å². The summed E-state index contributed by atoms with van der Waals surface area (Å²) in [6.45, 7) is 7.77. The molecule has 0 unspecified atom stereocenters. The van der Waals surface area contributed by atoms with Gasteiger partial charge < -0.3 is 9.47 Å². The molecule has 0 amide bonds. The summed E-state index contributed by atoms with van der Waals surface area (Å²) >= 11 is 1.60. The average Bonchev–Trinajstić information content (AvgIpc) is 2.33. The molecule has 1 N–H and O–H groups in total. The lowest BCUT2D eigenvalue weighted by Gasteiger charge is -2.22. The lowest BCUT2D eigenvalue weighted by atomic mass is 10.0. The molecule has 0 radical (unpaired) electrons. The molecule has 0 rings (SSSR count). The average molecular weight is 340 g/mol. The molecule has 6 nitrogen and oxygen atoms in total. The van der Waals surface area contributed by atoms with E-state index >= 15 is 0 Å². The largest absolute Gasteiger partial charge is 0.466 e. The Morgan fingerprint density at radius 1 is 1.38 bits per heavy atom. The van der Waals surface area contributed by atoms with Crippen molar-refractivity contribution in [3.63, 3.8) is 0 Å². The highest BCUT2D eigenvalue weighted by atomic mass is 32.2. The number of carbonyl (C=O) groups excluding carboxylic acids is 1. The minimum Gasteiger partial charge on any atom is -0.466 e. The molecule has 0 atom stereocenters. The van der Waals surface area contributed by atoms with Crippen LogP contribution in [0.25, 0.3) is 0 Å². The number of hydrogen-bond donors (Lipinski definition) is 1. The summed E-state index contributed by atoms with van der Waals surface area (Å²) in [5.41, 5.74) is -0.197. The number of thioether (sulfide) groups is 1. The van der Waals surface area contributed by atoms with Crippen molar-refractivity contribution < 1.29 is 27.2 Å². The van der Waals surface area contributed by atoms with Gasteiger partial charge in [-0.1, -0.05) is 20.4 Å². The number of methoxy groups -OCH3 is 1. The Morgan fingerprint density at radius 3 is 2.52 bits per heavy atom. The summed E-state index contributed by atoms with van der Waals surface area (Å²) in [6.07, 6.45) is 0.779. The highest BCUT2D eigenvalue weighted by molar-refractivity contribution is 7.99. The van der Waals surface area contributed by atoms with Gasteiger partial charge in [0.15, 0.2) is 0 Å². The Balaban J connectivity index is 3.69. The van der Waals surface area contributed by atoms with Crippen LogP contribution in [-0.4, -0.2) is 56.5 Å². The van der Waals surface area contributed by atoms with Crippen LogP contribution in [0.2, 0.25) is 0 Å². The van der Waals surface area contributed by atoms with Crippen molar-refractivity contribution in [1.82, 2.24) is 0 Å². The Labute approximate surface area is 131 Å². The molecule has 8 heteroatoms. The zero-order chi connectivity index (χ0) is 16.5. The number of carbonyl (C=O) groups is 1. The maximum Gasteiger partial charge on any atom is 0.335 e. The van der Waals surface area contributed by atoms with Crippen LogP contribution in [0.1, 0.15) is 20.3 Å². The van der Waals surface area contributed by atoms with E-state index in [9.17, 15) is 13.2 Å². The third-order valence-corrected chi connectivity index (χ3v) is 5.10. The highest BCUT2D eigenvalue weighted by Crippen LogP contribution is 2.23. The van der Waals surface area contributed by atoms with E-state index in [0.29, 0.717) is 12.4 Å². The number of esters is 1. The SMILES string of the molecule is C=C(COCCCSCC(C)(C)CS(=O)(=O)O)C(=O)OC. The van der Waals surface area contributed by atoms with Crippen LogP contribution in [0.4, 0.5) is 0 Å². The normalized spacial score (nSPS) is 12.2. The zero-order valence-corrected chi connectivity index (χ0v) is 14.4. The van der Waals surface area contributed by atoms with Gasteiger partial charge in [0.05, 0.1) is 25.0 Å². The van der Waals surface area contributed by atoms with Gasteiger partial charge in [0.1, 0.15) is 0 Å². The van der Waals surface area contributed by atoms with Gasteiger partial charge >= 0.3 is 5.97 Å². The maximum atomic E-state index is 11.0. The zero-order valence-electron chi connectivity index (χ0n) is 12.8. The predicted molar refractivity (Wildman–Crippen MR) is 84.1 cm³/mol. The predicted octanol–water partition coefficient (Wildman–Crippen LogP) is 1.77. The molecule has 0 aliphatic carbocycles. The topological polar surface area (TPSA) is 89.9 Å². The Bertz CT molecular complexity index is 442. The third-order valence-electron chi connectivity index (χ3n) is 2.39. The summed E-state index contributed by atoms with van der Waals surface area (Å²) in [7, 11) is -2.65. The first kappa shape index (κ1) is 20.4. The summed E-state index contributed by atoms with van der Waals surface area (Å²) < 4.78 is 40.3. The maximum absolute atomic E-state index is 11.0. The Hall–Kier alpha value is -0.570. The van der Waals surface area contributed by atoms with E-state index < -0.39 is 21.5 Å². The van der Waals surface area contributed by atoms with Crippen molar-refractivity contribution in [3.05, 3.63) is 12.2 Å². The summed E-state index contributed by atoms with van der Waals surface area (Å²) in [5, 5.41) is 0. The van der Waals surface area contributed by atoms with Gasteiger partial charge in [0.25, 0.3) is 10.1 Å². The van der Waals surface area contributed by atoms with Crippen LogP contribution in [0.3, 0.4) is 0 Å². The molecule has 0 aromatic rings. The lowest BCUT2D eigenvalue weighted by Crippen LogP contribution is -2.26. The number of ether oxygens (including phenoxy) is 2. The fourth-order valence-electron chi connectivity index (χ4n) is 1.55. The van der Waals surface area contributed by atoms with Gasteiger partial charge in [-0.25, -0.2) is 4.79 Å². The van der Waals surface area contributed by atoms with Crippen molar-refractivity contribution >= 4 is 27.8 Å². The van der Waals surface area contributed by atoms with E-state index in [1.165, 1.54) is 7.11 Å². The lowest BCUT2D eigenvalue weighted by molar-refractivity contribution is -0.136. The first-order valence-corrected chi connectivity index (χ1v) is 9.20. The fraction of sp³-hybridized carbons (Fsp3) is 0.769. The molecule has 0 saturated carbocycles. The number of hydrogen-bond acceptors (Lipinski definition) is 6. The summed E-state index contributed by atoms with van der Waals surface area (Å²) in [4.78, 5) is 11.0. The van der Waals surface area contributed by atoms with Crippen molar-refractivity contribution in [2.45, 2.75) is 20.3 Å². The molecule has 21 heavy (non-hydrogen) atoms. The van der Waals surface area contributed by atoms with Crippen LogP contribution in [-0.2, 0) is 24.4 Å². The first-order valence-electron chi connectivity index (χ1n) is 6.44. The smallest absolute Gasteiger partial charge is 0.335 e. The highest BCUT2D eigenvalue weighted by Gasteiger charge is 2.24. The molecule has 0 heterocycles. The van der Waals surface area contributed by atoms with E-state index in [0.717, 1.165) is 12.2 Å². The minimum absolute atomic E-state index is 0.144. The fourth-order valence-corrected chi connectivity index (χ4v) is 3.89. The van der Waals surface area contributed by atoms with Crippen molar-refractivity contribution in [1.29, 1.82) is 0 Å². The quantitative estimate of drug-likeness (QED) is 0.265. The van der Waals surface area contributed by atoms with Crippen LogP contribution in [0.15, 0.2) is 12.2 Å². The van der Waals surface area contributed by atoms with Gasteiger partial charge in [0.2, 0.25) is 0 Å². The number of rotatable bonds is 11. The van der Waals surface area contributed by atoms with E-state index in [4.69, 9.17) is 9.29 Å². The molecule has 0 aromatic heterocycles. The van der Waals surface area contributed by atoms with Gasteiger partial charge in [-0.05, 0) is 23.3 Å². The second-order valence-electron chi connectivity index (χ2n) is 5.44. The van der Waals surface area contributed by atoms with Gasteiger partial charge in [-0.15, -0.1) is 0 Å². The van der Waals surface area contributed by atoms with Crippen LogP contribution < -0.4 is 0 Å². The molecule has 0 bridgehead atoms. The van der Waals surface area contributed by atoms with Gasteiger partial charge in [-0.2, -0.15) is 20.2 Å². The third kappa shape index (κ3) is 11.7. The van der Waals surface area contributed by atoms with E-state index in [-0.39, 0.29) is 17.9 Å². The van der Waals surface area contributed by atoms with Crippen molar-refractivity contribution in [3.8, 4) is 0 Å². The molecule has 0 spiro atoms. The summed E-state index contributed by atoms with van der Waals surface area (Å²) in [6, 6.07) is 0. The van der Waals surface area contributed by atoms with Crippen LogP contribution in [0, 0.1) is 5.41 Å². The van der Waals surface area contributed by atoms with Crippen LogP contribution in [0.5, 0.6) is 0 Å². The Kier molecular flexibility index (Phi) is 9.19. The van der Waals surface area contributed by atoms with Gasteiger partial charge in [-0.3, -0.25) is 4.55 Å². The molecule has 124 valence electrons. The standard InChI is InChI=1S/C13H24O6S2/c1-11(12(14)18-4)8-19-6-5-7-20-9-13(2,3)10-21(15,16)17/h1,5-10H2,2-4H3,(H,15,16,17). The minimum atomic E-state index is -3.94. The van der Waals surface area contributed by atoms with E-state index in [1.807, 2.05) is 0 Å². The van der Waals surface area contributed by atoms with E-state index in [2.05, 4.69) is 11.3 Å². The molecule has 0 fully saturated rings. The first-order chi connectivity index (χ1) is 9.57. The second kappa shape index (κ2) is 9.45. The van der Waals surface area contributed by atoms with Gasteiger partial charge in [0, 0.05) is 6.61 Å². The van der Waals surface area contributed by atoms with Crippen molar-refractivity contribution in [2.75, 3.05) is 37.6 Å². The molecular weight excluding hydrogens is 316 g/mol. The molecule has 0 aliphatic heterocycles. The van der Waals surface area contributed by atoms with E-state index in [1.54, 1.807) is 25.6 Å². The van der Waals surface area contributed by atoms with Crippen molar-refractivity contribution in [2.24, 2.45) is 5.41 Å². The summed E-state index contributed by atoms with van der Waals surface area (Å²) in [5.74, 6) is 0.709. The second-order valence-corrected chi connectivity index (χ2v) is 8.00. The molecular formula is C13H24O6S2. The Morgan fingerprint density at radius 2 is 2.00 bits per heavy atom. The molecule has 0 aliphatic rings. The molecule has 0 saturated heterocycles.